The van der Waals surface area contributed by atoms with Crippen molar-refractivity contribution in [1.82, 2.24) is 15.5 Å². The maximum absolute atomic E-state index is 12.0. The van der Waals surface area contributed by atoms with Gasteiger partial charge in [0, 0.05) is 24.7 Å². The van der Waals surface area contributed by atoms with Crippen LogP contribution in [0.15, 0.2) is 0 Å². The number of nitrogens with one attached hydrogen (secondary N) is 2. The Morgan fingerprint density at radius 3 is 2.38 bits per heavy atom. The summed E-state index contributed by atoms with van der Waals surface area (Å²) in [7, 11) is 0. The number of hydrogen-bond acceptors (Lipinski definition) is 4. The third-order valence-corrected chi connectivity index (χ3v) is 4.55. The van der Waals surface area contributed by atoms with Gasteiger partial charge in [-0.2, -0.15) is 0 Å². The lowest BCUT2D eigenvalue weighted by atomic mass is 9.98. The summed E-state index contributed by atoms with van der Waals surface area (Å²) in [5, 5.41) is 6.42. The van der Waals surface area contributed by atoms with Gasteiger partial charge in [0.05, 0.1) is 6.10 Å². The molecule has 2 aliphatic rings. The zero-order valence-corrected chi connectivity index (χ0v) is 13.8. The van der Waals surface area contributed by atoms with Gasteiger partial charge < -0.3 is 15.4 Å². The van der Waals surface area contributed by atoms with Gasteiger partial charge in [-0.1, -0.05) is 0 Å². The Balaban J connectivity index is 1.62. The van der Waals surface area contributed by atoms with Crippen molar-refractivity contribution in [2.75, 3.05) is 32.8 Å². The largest absolute Gasteiger partial charge is 0.368 e. The van der Waals surface area contributed by atoms with Crippen LogP contribution in [-0.2, 0) is 9.53 Å². The van der Waals surface area contributed by atoms with Gasteiger partial charge in [0.1, 0.15) is 6.61 Å². The maximum atomic E-state index is 12.0. The van der Waals surface area contributed by atoms with Gasteiger partial charge in [-0.15, -0.1) is 0 Å². The number of rotatable bonds is 4. The lowest BCUT2D eigenvalue weighted by Gasteiger charge is -2.41. The second kappa shape index (κ2) is 7.56. The van der Waals surface area contributed by atoms with Crippen LogP contribution in [0.5, 0.6) is 0 Å². The number of amides is 1. The van der Waals surface area contributed by atoms with E-state index in [-0.39, 0.29) is 24.2 Å². The van der Waals surface area contributed by atoms with Gasteiger partial charge in [-0.05, 0) is 59.5 Å². The standard InChI is InChI=1S/C16H31N3O2/c1-16(2,3)19-10-6-13(7-11-19)18-15(20)12-21-14-4-8-17-9-5-14/h13-14,17H,4-12H2,1-3H3,(H,18,20). The van der Waals surface area contributed by atoms with E-state index in [1.807, 2.05) is 0 Å². The number of carbonyl (C=O) groups is 1. The quantitative estimate of drug-likeness (QED) is 0.817. The molecule has 0 saturated carbocycles. The summed E-state index contributed by atoms with van der Waals surface area (Å²) in [5.74, 6) is 0.0442. The van der Waals surface area contributed by atoms with E-state index in [9.17, 15) is 4.79 Å². The van der Waals surface area contributed by atoms with Crippen LogP contribution in [0.25, 0.3) is 0 Å². The van der Waals surface area contributed by atoms with Crippen molar-refractivity contribution in [2.24, 2.45) is 0 Å². The lowest BCUT2D eigenvalue weighted by Crippen LogP contribution is -2.51. The summed E-state index contributed by atoms with van der Waals surface area (Å²) in [6.45, 7) is 11.1. The molecule has 0 radical (unpaired) electrons. The summed E-state index contributed by atoms with van der Waals surface area (Å²) in [4.78, 5) is 14.5. The number of hydrogen-bond donors (Lipinski definition) is 2. The minimum Gasteiger partial charge on any atom is -0.368 e. The molecule has 2 rings (SSSR count). The van der Waals surface area contributed by atoms with Crippen molar-refractivity contribution >= 4 is 5.91 Å². The Kier molecular flexibility index (Phi) is 6.02. The Morgan fingerprint density at radius 1 is 1.19 bits per heavy atom. The molecule has 0 bridgehead atoms. The van der Waals surface area contributed by atoms with Crippen molar-refractivity contribution in [1.29, 1.82) is 0 Å². The number of ether oxygens (including phenoxy) is 1. The predicted molar refractivity (Wildman–Crippen MR) is 84.3 cm³/mol. The van der Waals surface area contributed by atoms with Gasteiger partial charge >= 0.3 is 0 Å². The smallest absolute Gasteiger partial charge is 0.246 e. The first-order chi connectivity index (χ1) is 9.95. The van der Waals surface area contributed by atoms with Crippen LogP contribution in [-0.4, -0.2) is 61.3 Å². The second-order valence-corrected chi connectivity index (χ2v) is 7.26. The van der Waals surface area contributed by atoms with Gasteiger partial charge in [0.2, 0.25) is 5.91 Å². The van der Waals surface area contributed by atoms with Crippen LogP contribution in [0.3, 0.4) is 0 Å². The van der Waals surface area contributed by atoms with Gasteiger partial charge in [-0.25, -0.2) is 0 Å². The van der Waals surface area contributed by atoms with E-state index in [2.05, 4.69) is 36.3 Å². The molecule has 0 aromatic rings. The second-order valence-electron chi connectivity index (χ2n) is 7.26. The van der Waals surface area contributed by atoms with E-state index in [0.717, 1.165) is 51.9 Å². The highest BCUT2D eigenvalue weighted by atomic mass is 16.5. The first kappa shape index (κ1) is 16.7. The third-order valence-electron chi connectivity index (χ3n) is 4.55. The van der Waals surface area contributed by atoms with E-state index in [1.54, 1.807) is 0 Å². The van der Waals surface area contributed by atoms with Crippen LogP contribution in [0.4, 0.5) is 0 Å². The summed E-state index contributed by atoms with van der Waals surface area (Å²) in [6.07, 6.45) is 4.35. The summed E-state index contributed by atoms with van der Waals surface area (Å²) >= 11 is 0. The van der Waals surface area contributed by atoms with E-state index in [0.29, 0.717) is 6.04 Å². The molecule has 2 heterocycles. The first-order valence-corrected chi connectivity index (χ1v) is 8.32. The highest BCUT2D eigenvalue weighted by Gasteiger charge is 2.27. The number of carbonyl (C=O) groups excluding carboxylic acids is 1. The molecule has 5 nitrogen and oxygen atoms in total. The highest BCUT2D eigenvalue weighted by molar-refractivity contribution is 5.77. The van der Waals surface area contributed by atoms with Crippen molar-refractivity contribution < 1.29 is 9.53 Å². The lowest BCUT2D eigenvalue weighted by molar-refractivity contribution is -0.129. The van der Waals surface area contributed by atoms with Crippen molar-refractivity contribution in [3.8, 4) is 0 Å². The molecule has 0 unspecified atom stereocenters. The minimum absolute atomic E-state index is 0.0442. The molecule has 0 spiro atoms. The Bertz CT molecular complexity index is 327. The maximum Gasteiger partial charge on any atom is 0.246 e. The fourth-order valence-corrected chi connectivity index (χ4v) is 3.12. The molecule has 0 aromatic heterocycles. The van der Waals surface area contributed by atoms with E-state index in [4.69, 9.17) is 4.74 Å². The van der Waals surface area contributed by atoms with Crippen LogP contribution in [0, 0.1) is 0 Å². The fraction of sp³-hybridized carbons (Fsp3) is 0.938. The zero-order valence-electron chi connectivity index (χ0n) is 13.8. The highest BCUT2D eigenvalue weighted by Crippen LogP contribution is 2.20. The van der Waals surface area contributed by atoms with E-state index >= 15 is 0 Å². The molecular weight excluding hydrogens is 266 g/mol. The molecule has 122 valence electrons. The summed E-state index contributed by atoms with van der Waals surface area (Å²) in [5.41, 5.74) is 0.229. The average Bonchev–Trinajstić information content (AvgIpc) is 2.46. The third kappa shape index (κ3) is 5.57. The van der Waals surface area contributed by atoms with Crippen LogP contribution in [0.2, 0.25) is 0 Å². The zero-order chi connectivity index (χ0) is 15.3. The Hall–Kier alpha value is -0.650. The molecule has 0 atom stereocenters. The summed E-state index contributed by atoms with van der Waals surface area (Å²) < 4.78 is 5.70. The van der Waals surface area contributed by atoms with Gasteiger partial charge in [0.25, 0.3) is 0 Å². The predicted octanol–water partition coefficient (Wildman–Crippen LogP) is 1.13. The SMILES string of the molecule is CC(C)(C)N1CCC(NC(=O)COC2CCNCC2)CC1. The molecule has 21 heavy (non-hydrogen) atoms. The topological polar surface area (TPSA) is 53.6 Å². The molecule has 2 aliphatic heterocycles. The van der Waals surface area contributed by atoms with Crippen molar-refractivity contribution in [3.05, 3.63) is 0 Å². The number of likely N-dealkylation sites (tertiary alicyclic amines) is 1. The molecule has 5 heteroatoms. The first-order valence-electron chi connectivity index (χ1n) is 8.32. The molecule has 2 saturated heterocycles. The number of nitrogens with zero attached hydrogens (tertiary/aromatic N) is 1. The van der Waals surface area contributed by atoms with Crippen LogP contribution in [0.1, 0.15) is 46.5 Å². The summed E-state index contributed by atoms with van der Waals surface area (Å²) in [6, 6.07) is 0.313. The normalized spacial score (nSPS) is 23.2. The number of piperidine rings is 2. The van der Waals surface area contributed by atoms with Crippen LogP contribution >= 0.6 is 0 Å². The van der Waals surface area contributed by atoms with Gasteiger partial charge in [-0.3, -0.25) is 9.69 Å². The monoisotopic (exact) mass is 297 g/mol. The van der Waals surface area contributed by atoms with Crippen molar-refractivity contribution in [2.45, 2.75) is 64.1 Å². The Morgan fingerprint density at radius 2 is 1.81 bits per heavy atom. The fourth-order valence-electron chi connectivity index (χ4n) is 3.12. The van der Waals surface area contributed by atoms with Gasteiger partial charge in [0.15, 0.2) is 0 Å². The Labute approximate surface area is 128 Å². The van der Waals surface area contributed by atoms with Crippen LogP contribution < -0.4 is 10.6 Å². The van der Waals surface area contributed by atoms with E-state index < -0.39 is 0 Å². The molecule has 0 aliphatic carbocycles. The molecule has 2 fully saturated rings. The van der Waals surface area contributed by atoms with Crippen molar-refractivity contribution in [3.63, 3.8) is 0 Å². The van der Waals surface area contributed by atoms with E-state index in [1.165, 1.54) is 0 Å². The molecule has 2 N–H and O–H groups in total. The molecule has 1 amide bonds. The average molecular weight is 297 g/mol. The molecule has 0 aromatic carbocycles. The molecular formula is C16H31N3O2. The minimum atomic E-state index is 0.0442.